The predicted molar refractivity (Wildman–Crippen MR) is 62.3 cm³/mol. The summed E-state index contributed by atoms with van der Waals surface area (Å²) in [7, 11) is 0. The van der Waals surface area contributed by atoms with Crippen LogP contribution in [0.25, 0.3) is 0 Å². The molecule has 1 aromatic heterocycles. The number of aromatic nitrogens is 1. The van der Waals surface area contributed by atoms with E-state index in [2.05, 4.69) is 10.3 Å². The minimum Gasteiger partial charge on any atom is -0.302 e. The highest BCUT2D eigenvalue weighted by atomic mass is 32.1. The SMILES string of the molecule is O=C(CC1CCCC1)Nc1nc(C(F)(F)F)cs1. The van der Waals surface area contributed by atoms with E-state index in [1.54, 1.807) is 0 Å². The van der Waals surface area contributed by atoms with Crippen molar-refractivity contribution in [1.29, 1.82) is 0 Å². The molecule has 0 radical (unpaired) electrons. The van der Waals surface area contributed by atoms with Crippen molar-refractivity contribution >= 4 is 22.4 Å². The largest absolute Gasteiger partial charge is 0.434 e. The molecule has 0 bridgehead atoms. The minimum atomic E-state index is -4.45. The quantitative estimate of drug-likeness (QED) is 0.916. The molecular formula is C11H13F3N2OS. The zero-order chi connectivity index (χ0) is 13.2. The molecule has 1 saturated carbocycles. The van der Waals surface area contributed by atoms with Crippen LogP contribution in [-0.2, 0) is 11.0 Å². The van der Waals surface area contributed by atoms with Gasteiger partial charge in [-0.1, -0.05) is 12.8 Å². The monoisotopic (exact) mass is 278 g/mol. The van der Waals surface area contributed by atoms with Gasteiger partial charge in [-0.25, -0.2) is 4.98 Å². The second-order valence-corrected chi connectivity index (χ2v) is 5.30. The van der Waals surface area contributed by atoms with Crippen LogP contribution < -0.4 is 5.32 Å². The molecule has 18 heavy (non-hydrogen) atoms. The number of nitrogens with zero attached hydrogens (tertiary/aromatic N) is 1. The lowest BCUT2D eigenvalue weighted by atomic mass is 10.0. The number of hydrogen-bond acceptors (Lipinski definition) is 3. The molecule has 0 aliphatic heterocycles. The van der Waals surface area contributed by atoms with Gasteiger partial charge in [-0.05, 0) is 18.8 Å². The standard InChI is InChI=1S/C11H13F3N2OS/c12-11(13,14)8-6-18-10(15-8)16-9(17)5-7-3-1-2-4-7/h6-7H,1-5H2,(H,15,16,17). The van der Waals surface area contributed by atoms with Crippen molar-refractivity contribution < 1.29 is 18.0 Å². The zero-order valence-electron chi connectivity index (χ0n) is 9.59. The number of carbonyl (C=O) groups excluding carboxylic acids is 1. The Kier molecular flexibility index (Phi) is 3.89. The molecule has 1 amide bonds. The molecule has 100 valence electrons. The van der Waals surface area contributed by atoms with Gasteiger partial charge in [0.25, 0.3) is 0 Å². The molecule has 2 rings (SSSR count). The van der Waals surface area contributed by atoms with Crippen LogP contribution in [0.5, 0.6) is 0 Å². The third-order valence-electron chi connectivity index (χ3n) is 2.99. The summed E-state index contributed by atoms with van der Waals surface area (Å²) in [5.41, 5.74) is -0.955. The summed E-state index contributed by atoms with van der Waals surface area (Å²) in [5, 5.41) is 3.36. The van der Waals surface area contributed by atoms with E-state index in [4.69, 9.17) is 0 Å². The van der Waals surface area contributed by atoms with E-state index in [-0.39, 0.29) is 11.0 Å². The van der Waals surface area contributed by atoms with Crippen LogP contribution in [0, 0.1) is 5.92 Å². The van der Waals surface area contributed by atoms with Crippen molar-refractivity contribution in [2.24, 2.45) is 5.92 Å². The molecule has 3 nitrogen and oxygen atoms in total. The average molecular weight is 278 g/mol. The van der Waals surface area contributed by atoms with E-state index >= 15 is 0 Å². The van der Waals surface area contributed by atoms with Gasteiger partial charge in [-0.15, -0.1) is 11.3 Å². The zero-order valence-corrected chi connectivity index (χ0v) is 10.4. The smallest absolute Gasteiger partial charge is 0.302 e. The van der Waals surface area contributed by atoms with E-state index in [0.29, 0.717) is 12.3 Å². The molecular weight excluding hydrogens is 265 g/mol. The number of alkyl halides is 3. The molecule has 1 aromatic rings. The average Bonchev–Trinajstić information content (AvgIpc) is 2.87. The van der Waals surface area contributed by atoms with E-state index < -0.39 is 11.9 Å². The number of rotatable bonds is 3. The number of anilines is 1. The maximum Gasteiger partial charge on any atom is 0.434 e. The van der Waals surface area contributed by atoms with E-state index in [0.717, 1.165) is 42.4 Å². The van der Waals surface area contributed by atoms with Crippen LogP contribution in [0.4, 0.5) is 18.3 Å². The lowest BCUT2D eigenvalue weighted by Gasteiger charge is -2.07. The van der Waals surface area contributed by atoms with Gasteiger partial charge in [0.2, 0.25) is 5.91 Å². The molecule has 0 spiro atoms. The predicted octanol–water partition coefficient (Wildman–Crippen LogP) is 3.68. The summed E-state index contributed by atoms with van der Waals surface area (Å²) in [6.07, 6.45) is 0.241. The molecule has 7 heteroatoms. The first kappa shape index (κ1) is 13.3. The molecule has 0 aromatic carbocycles. The van der Waals surface area contributed by atoms with Crippen molar-refractivity contribution in [3.63, 3.8) is 0 Å². The van der Waals surface area contributed by atoms with Gasteiger partial charge in [0, 0.05) is 11.8 Å². The maximum atomic E-state index is 12.3. The third-order valence-corrected chi connectivity index (χ3v) is 3.75. The van der Waals surface area contributed by atoms with Crippen molar-refractivity contribution in [1.82, 2.24) is 4.98 Å². The summed E-state index contributed by atoms with van der Waals surface area (Å²) in [6.45, 7) is 0. The van der Waals surface area contributed by atoms with Gasteiger partial charge >= 0.3 is 6.18 Å². The van der Waals surface area contributed by atoms with Gasteiger partial charge in [0.15, 0.2) is 10.8 Å². The van der Waals surface area contributed by atoms with Gasteiger partial charge < -0.3 is 5.32 Å². The van der Waals surface area contributed by atoms with Gasteiger partial charge in [-0.3, -0.25) is 4.79 Å². The number of nitrogens with one attached hydrogen (secondary N) is 1. The Bertz CT molecular complexity index is 424. The van der Waals surface area contributed by atoms with Crippen molar-refractivity contribution in [2.45, 2.75) is 38.3 Å². The molecule has 0 saturated heterocycles. The molecule has 1 N–H and O–H groups in total. The summed E-state index contributed by atoms with van der Waals surface area (Å²) in [5.74, 6) is 0.122. The first-order chi connectivity index (χ1) is 8.45. The fourth-order valence-electron chi connectivity index (χ4n) is 2.11. The molecule has 1 fully saturated rings. The lowest BCUT2D eigenvalue weighted by Crippen LogP contribution is -2.15. The van der Waals surface area contributed by atoms with Crippen LogP contribution in [0.3, 0.4) is 0 Å². The number of carbonyl (C=O) groups is 1. The first-order valence-electron chi connectivity index (χ1n) is 5.78. The number of thiazole rings is 1. The number of amides is 1. The highest BCUT2D eigenvalue weighted by Crippen LogP contribution is 2.32. The molecule has 0 atom stereocenters. The Morgan fingerprint density at radius 3 is 2.67 bits per heavy atom. The summed E-state index contributed by atoms with van der Waals surface area (Å²) >= 11 is 0.800. The third kappa shape index (κ3) is 3.44. The Labute approximate surface area is 106 Å². The Hall–Kier alpha value is -1.11. The normalized spacial score (nSPS) is 17.1. The Morgan fingerprint density at radius 2 is 2.11 bits per heavy atom. The Balaban J connectivity index is 1.88. The summed E-state index contributed by atoms with van der Waals surface area (Å²) < 4.78 is 36.9. The van der Waals surface area contributed by atoms with Crippen LogP contribution in [0.15, 0.2) is 5.38 Å². The number of halogens is 3. The lowest BCUT2D eigenvalue weighted by molar-refractivity contribution is -0.140. The first-order valence-corrected chi connectivity index (χ1v) is 6.65. The fraction of sp³-hybridized carbons (Fsp3) is 0.636. The second kappa shape index (κ2) is 5.26. The number of hydrogen-bond donors (Lipinski definition) is 1. The Morgan fingerprint density at radius 1 is 1.44 bits per heavy atom. The topological polar surface area (TPSA) is 42.0 Å². The van der Waals surface area contributed by atoms with E-state index in [1.807, 2.05) is 0 Å². The molecule has 0 unspecified atom stereocenters. The molecule has 1 aliphatic rings. The van der Waals surface area contributed by atoms with E-state index in [9.17, 15) is 18.0 Å². The van der Waals surface area contributed by atoms with Crippen LogP contribution >= 0.6 is 11.3 Å². The molecule has 1 aliphatic carbocycles. The molecule has 1 heterocycles. The van der Waals surface area contributed by atoms with Crippen molar-refractivity contribution in [3.05, 3.63) is 11.1 Å². The van der Waals surface area contributed by atoms with Gasteiger partial charge in [-0.2, -0.15) is 13.2 Å². The summed E-state index contributed by atoms with van der Waals surface area (Å²) in [4.78, 5) is 15.0. The second-order valence-electron chi connectivity index (χ2n) is 4.44. The van der Waals surface area contributed by atoms with Crippen LogP contribution in [0.1, 0.15) is 37.8 Å². The van der Waals surface area contributed by atoms with E-state index in [1.165, 1.54) is 0 Å². The maximum absolute atomic E-state index is 12.3. The van der Waals surface area contributed by atoms with Crippen molar-refractivity contribution in [2.75, 3.05) is 5.32 Å². The van der Waals surface area contributed by atoms with Gasteiger partial charge in [0.1, 0.15) is 0 Å². The van der Waals surface area contributed by atoms with Crippen molar-refractivity contribution in [3.8, 4) is 0 Å². The van der Waals surface area contributed by atoms with Crippen LogP contribution in [-0.4, -0.2) is 10.9 Å². The highest BCUT2D eigenvalue weighted by Gasteiger charge is 2.34. The van der Waals surface area contributed by atoms with Crippen LogP contribution in [0.2, 0.25) is 0 Å². The fourth-order valence-corrected chi connectivity index (χ4v) is 2.84. The minimum absolute atomic E-state index is 0.0188. The summed E-state index contributed by atoms with van der Waals surface area (Å²) in [6, 6.07) is 0. The van der Waals surface area contributed by atoms with Gasteiger partial charge in [0.05, 0.1) is 0 Å². The highest BCUT2D eigenvalue weighted by molar-refractivity contribution is 7.13.